The van der Waals surface area contributed by atoms with Crippen LogP contribution in [0.2, 0.25) is 0 Å². The number of piperidine rings is 1. The normalized spacial score (nSPS) is 16.5. The Morgan fingerprint density at radius 3 is 2.65 bits per heavy atom. The van der Waals surface area contributed by atoms with Crippen LogP contribution < -0.4 is 5.32 Å². The summed E-state index contributed by atoms with van der Waals surface area (Å²) in [5, 5.41) is 3.42. The zero-order chi connectivity index (χ0) is 28.8. The Labute approximate surface area is 228 Å². The number of nitrogens with one attached hydrogen (secondary N) is 1. The average molecular weight is 557 g/mol. The number of carbonyl (C=O) groups excluding carboxylic acids is 2. The Hall–Kier alpha value is -4.09. The summed E-state index contributed by atoms with van der Waals surface area (Å²) in [6, 6.07) is 9.88. The van der Waals surface area contributed by atoms with E-state index in [1.165, 1.54) is 6.20 Å². The minimum Gasteiger partial charge on any atom is -0.444 e. The van der Waals surface area contributed by atoms with E-state index in [0.29, 0.717) is 40.9 Å². The van der Waals surface area contributed by atoms with Crippen molar-refractivity contribution in [1.82, 2.24) is 29.3 Å². The van der Waals surface area contributed by atoms with E-state index < -0.39 is 24.4 Å². The third-order valence-electron chi connectivity index (χ3n) is 6.78. The van der Waals surface area contributed by atoms with Crippen molar-refractivity contribution in [2.24, 2.45) is 7.05 Å². The van der Waals surface area contributed by atoms with Gasteiger partial charge in [-0.05, 0) is 70.0 Å². The van der Waals surface area contributed by atoms with E-state index in [2.05, 4.69) is 15.3 Å². The van der Waals surface area contributed by atoms with E-state index in [9.17, 15) is 22.8 Å². The lowest BCUT2D eigenvalue weighted by atomic mass is 10.0. The van der Waals surface area contributed by atoms with Gasteiger partial charge in [0, 0.05) is 43.3 Å². The highest BCUT2D eigenvalue weighted by atomic mass is 19.4. The first-order chi connectivity index (χ1) is 18.8. The maximum atomic E-state index is 13.5. The molecule has 1 aliphatic rings. The Morgan fingerprint density at radius 1 is 1.15 bits per heavy atom. The second-order valence-corrected chi connectivity index (χ2v) is 11.1. The van der Waals surface area contributed by atoms with Gasteiger partial charge in [-0.25, -0.2) is 14.8 Å². The van der Waals surface area contributed by atoms with Crippen molar-refractivity contribution in [3.05, 3.63) is 48.2 Å². The molecule has 1 N–H and O–H groups in total. The summed E-state index contributed by atoms with van der Waals surface area (Å²) in [6.45, 7) is 5.04. The second-order valence-electron chi connectivity index (χ2n) is 11.1. The molecule has 4 heterocycles. The zero-order valence-electron chi connectivity index (χ0n) is 22.7. The summed E-state index contributed by atoms with van der Waals surface area (Å²) in [7, 11) is 1.73. The third kappa shape index (κ3) is 5.75. The fourth-order valence-corrected chi connectivity index (χ4v) is 5.11. The number of carbonyl (C=O) groups is 2. The first-order valence-corrected chi connectivity index (χ1v) is 13.1. The lowest BCUT2D eigenvalue weighted by molar-refractivity contribution is -0.139. The monoisotopic (exact) mass is 556 g/mol. The predicted molar refractivity (Wildman–Crippen MR) is 144 cm³/mol. The molecular weight excluding hydrogens is 525 g/mol. The van der Waals surface area contributed by atoms with E-state index >= 15 is 0 Å². The van der Waals surface area contributed by atoms with Crippen LogP contribution in [0.25, 0.3) is 33.6 Å². The maximum absolute atomic E-state index is 13.5. The van der Waals surface area contributed by atoms with Crippen LogP contribution in [-0.4, -0.2) is 66.9 Å². The molecule has 3 aromatic heterocycles. The summed E-state index contributed by atoms with van der Waals surface area (Å²) >= 11 is 0. The van der Waals surface area contributed by atoms with Crippen molar-refractivity contribution in [3.63, 3.8) is 0 Å². The maximum Gasteiger partial charge on any atom is 0.407 e. The molecule has 2 amide bonds. The van der Waals surface area contributed by atoms with Crippen LogP contribution in [0.15, 0.2) is 42.6 Å². The molecule has 1 aliphatic heterocycles. The lowest BCUT2D eigenvalue weighted by Crippen LogP contribution is -2.50. The number of rotatable bonds is 4. The summed E-state index contributed by atoms with van der Waals surface area (Å²) in [5.74, 6) is 0.127. The van der Waals surface area contributed by atoms with Gasteiger partial charge in [-0.1, -0.05) is 0 Å². The first kappa shape index (κ1) is 27.5. The van der Waals surface area contributed by atoms with Crippen LogP contribution >= 0.6 is 0 Å². The van der Waals surface area contributed by atoms with Gasteiger partial charge < -0.3 is 24.1 Å². The zero-order valence-corrected chi connectivity index (χ0v) is 22.7. The number of ether oxygens (including phenoxy) is 1. The number of alkyl carbamates (subject to hydrolysis) is 1. The van der Waals surface area contributed by atoms with Gasteiger partial charge in [0.25, 0.3) is 5.91 Å². The highest BCUT2D eigenvalue weighted by molar-refractivity contribution is 5.98. The molecule has 9 nitrogen and oxygen atoms in total. The van der Waals surface area contributed by atoms with Crippen LogP contribution in [0.4, 0.5) is 18.0 Å². The number of aromatic nitrogens is 4. The molecule has 12 heteroatoms. The molecule has 1 aromatic carbocycles. The van der Waals surface area contributed by atoms with Crippen LogP contribution in [0.3, 0.4) is 0 Å². The van der Waals surface area contributed by atoms with Crippen molar-refractivity contribution >= 4 is 34.1 Å². The number of hydrogen-bond donors (Lipinski definition) is 1. The van der Waals surface area contributed by atoms with Gasteiger partial charge in [-0.3, -0.25) is 4.79 Å². The second kappa shape index (κ2) is 10.1. The number of halogens is 3. The number of imidazole rings is 1. The van der Waals surface area contributed by atoms with Crippen molar-refractivity contribution in [1.29, 1.82) is 0 Å². The summed E-state index contributed by atoms with van der Waals surface area (Å²) < 4.78 is 48.6. The number of likely N-dealkylation sites (tertiary alicyclic amines) is 1. The van der Waals surface area contributed by atoms with Crippen molar-refractivity contribution in [2.75, 3.05) is 13.1 Å². The molecule has 0 saturated carbocycles. The molecular formula is C28H31F3N6O3. The molecule has 1 saturated heterocycles. The minimum absolute atomic E-state index is 0.208. The SMILES string of the molecule is Cn1c(-c2cc3cccnc3n2CC(F)(F)F)nc2cc(C(=O)N3CCC[C@@H](NC(=O)OC(C)(C)C)C3)ccc21. The Morgan fingerprint density at radius 2 is 1.93 bits per heavy atom. The van der Waals surface area contributed by atoms with Crippen molar-refractivity contribution < 1.29 is 27.5 Å². The number of benzene rings is 1. The van der Waals surface area contributed by atoms with Crippen molar-refractivity contribution in [3.8, 4) is 11.5 Å². The van der Waals surface area contributed by atoms with Crippen molar-refractivity contribution in [2.45, 2.75) is 58.0 Å². The van der Waals surface area contributed by atoms with E-state index in [0.717, 1.165) is 17.4 Å². The fourth-order valence-electron chi connectivity index (χ4n) is 5.11. The van der Waals surface area contributed by atoms with Crippen LogP contribution in [0.1, 0.15) is 44.0 Å². The molecule has 0 aliphatic carbocycles. The molecule has 1 fully saturated rings. The predicted octanol–water partition coefficient (Wildman–Crippen LogP) is 5.28. The van der Waals surface area contributed by atoms with Gasteiger partial charge >= 0.3 is 12.3 Å². The Bertz CT molecular complexity index is 1580. The quantitative estimate of drug-likeness (QED) is 0.369. The number of nitrogens with zero attached hydrogens (tertiary/aromatic N) is 5. The molecule has 1 atom stereocenters. The van der Waals surface area contributed by atoms with E-state index in [1.54, 1.807) is 73.7 Å². The van der Waals surface area contributed by atoms with Crippen LogP contribution in [-0.2, 0) is 18.3 Å². The van der Waals surface area contributed by atoms with Gasteiger partial charge in [0.05, 0.1) is 16.7 Å². The smallest absolute Gasteiger partial charge is 0.407 e. The van der Waals surface area contributed by atoms with Crippen LogP contribution in [0.5, 0.6) is 0 Å². The summed E-state index contributed by atoms with van der Waals surface area (Å²) in [5.41, 5.74) is 1.45. The fraction of sp³-hybridized carbons (Fsp3) is 0.429. The molecule has 0 radical (unpaired) electrons. The topological polar surface area (TPSA) is 94.3 Å². The third-order valence-corrected chi connectivity index (χ3v) is 6.78. The summed E-state index contributed by atoms with van der Waals surface area (Å²) in [6.07, 6.45) is -2.06. The largest absolute Gasteiger partial charge is 0.444 e. The Balaban J connectivity index is 1.42. The van der Waals surface area contributed by atoms with E-state index in [-0.39, 0.29) is 23.3 Å². The number of aryl methyl sites for hydroxylation is 1. The number of alkyl halides is 3. The molecule has 212 valence electrons. The lowest BCUT2D eigenvalue weighted by Gasteiger charge is -2.33. The van der Waals surface area contributed by atoms with E-state index in [4.69, 9.17) is 4.74 Å². The van der Waals surface area contributed by atoms with Gasteiger partial charge in [-0.15, -0.1) is 0 Å². The average Bonchev–Trinajstić information content (AvgIpc) is 3.38. The van der Waals surface area contributed by atoms with Crippen LogP contribution in [0, 0.1) is 0 Å². The molecule has 40 heavy (non-hydrogen) atoms. The van der Waals surface area contributed by atoms with Gasteiger partial charge in [0.1, 0.15) is 17.8 Å². The first-order valence-electron chi connectivity index (χ1n) is 13.1. The molecule has 5 rings (SSSR count). The Kier molecular flexibility index (Phi) is 6.97. The highest BCUT2D eigenvalue weighted by Gasteiger charge is 2.32. The molecule has 0 bridgehead atoms. The van der Waals surface area contributed by atoms with Gasteiger partial charge in [0.15, 0.2) is 5.82 Å². The standard InChI is InChI=1S/C28H31F3N6O3/c1-27(2,3)40-26(39)33-19-8-6-12-36(15-19)25(38)18-9-10-21-20(13-18)34-24(35(21)4)22-14-17-7-5-11-32-23(17)37(22)16-28(29,30)31/h5,7,9-11,13-14,19H,6,8,12,15-16H2,1-4H3,(H,33,39)/t19-/m1/s1. The van der Waals surface area contributed by atoms with E-state index in [1.807, 2.05) is 0 Å². The minimum atomic E-state index is -4.45. The highest BCUT2D eigenvalue weighted by Crippen LogP contribution is 2.32. The molecule has 0 spiro atoms. The number of pyridine rings is 1. The molecule has 0 unspecified atom stereocenters. The molecule has 4 aromatic rings. The number of amides is 2. The van der Waals surface area contributed by atoms with Gasteiger partial charge in [0.2, 0.25) is 0 Å². The summed E-state index contributed by atoms with van der Waals surface area (Å²) in [4.78, 5) is 36.1. The number of hydrogen-bond acceptors (Lipinski definition) is 5. The van der Waals surface area contributed by atoms with Gasteiger partial charge in [-0.2, -0.15) is 13.2 Å². The number of fused-ring (bicyclic) bond motifs is 2.